The first-order valence-corrected chi connectivity index (χ1v) is 7.71. The van der Waals surface area contributed by atoms with E-state index in [4.69, 9.17) is 4.74 Å². The topological polar surface area (TPSA) is 32.7 Å². The highest BCUT2D eigenvalue weighted by atomic mass is 16.5. The van der Waals surface area contributed by atoms with Crippen molar-refractivity contribution in [2.24, 2.45) is 0 Å². The van der Waals surface area contributed by atoms with E-state index < -0.39 is 6.10 Å². The van der Waals surface area contributed by atoms with Crippen LogP contribution in [0.3, 0.4) is 0 Å². The fourth-order valence-electron chi connectivity index (χ4n) is 2.44. The second kappa shape index (κ2) is 8.13. The zero-order valence-corrected chi connectivity index (χ0v) is 13.0. The van der Waals surface area contributed by atoms with Gasteiger partial charge in [-0.05, 0) is 35.5 Å². The Morgan fingerprint density at radius 2 is 1.76 bits per heavy atom. The number of aliphatic hydroxyl groups excluding tert-OH is 1. The minimum absolute atomic E-state index is 0.347. The number of fused-ring (bicyclic) bond motifs is 1. The zero-order valence-electron chi connectivity index (χ0n) is 13.0. The molecule has 1 atom stereocenters. The highest BCUT2D eigenvalue weighted by molar-refractivity contribution is 5.83. The second-order valence-corrected chi connectivity index (χ2v) is 5.22. The van der Waals surface area contributed by atoms with E-state index in [-0.39, 0.29) is 0 Å². The van der Waals surface area contributed by atoms with Gasteiger partial charge in [-0.2, -0.15) is 0 Å². The average molecular weight is 287 g/mol. The number of hydrogen-bond donors (Lipinski definition) is 1. The molecule has 0 bridgehead atoms. The van der Waals surface area contributed by atoms with Crippen LogP contribution >= 0.6 is 0 Å². The quantitative estimate of drug-likeness (QED) is 0.757. The maximum Gasteiger partial charge on any atom is 0.102 e. The van der Waals surface area contributed by atoms with Gasteiger partial charge in [0.05, 0.1) is 13.2 Å². The van der Waals surface area contributed by atoms with E-state index in [2.05, 4.69) is 30.9 Å². The van der Waals surface area contributed by atoms with Gasteiger partial charge in [0.2, 0.25) is 0 Å². The van der Waals surface area contributed by atoms with Crippen molar-refractivity contribution in [1.29, 1.82) is 0 Å². The van der Waals surface area contributed by atoms with Gasteiger partial charge in [-0.3, -0.25) is 0 Å². The normalized spacial score (nSPS) is 13.0. The first-order valence-electron chi connectivity index (χ1n) is 7.71. The summed E-state index contributed by atoms with van der Waals surface area (Å²) in [5.74, 6) is 0. The highest BCUT2D eigenvalue weighted by Crippen LogP contribution is 2.20. The van der Waals surface area contributed by atoms with Gasteiger partial charge in [0, 0.05) is 6.54 Å². The standard InChI is InChI=1S/C18H25NO2/c1-3-19(4-2)11-12-21-14-18(20)17-10-9-15-7-5-6-8-16(15)13-17/h5-10,13,18,20H,3-4,11-12,14H2,1-2H3. The SMILES string of the molecule is CCN(CC)CCOCC(O)c1ccc2ccccc2c1. The molecule has 0 aliphatic heterocycles. The van der Waals surface area contributed by atoms with Gasteiger partial charge in [0.25, 0.3) is 0 Å². The van der Waals surface area contributed by atoms with Crippen molar-refractivity contribution in [2.75, 3.05) is 32.8 Å². The summed E-state index contributed by atoms with van der Waals surface area (Å²) in [7, 11) is 0. The minimum atomic E-state index is -0.564. The summed E-state index contributed by atoms with van der Waals surface area (Å²) in [5.41, 5.74) is 0.913. The second-order valence-electron chi connectivity index (χ2n) is 5.22. The van der Waals surface area contributed by atoms with Crippen LogP contribution in [-0.4, -0.2) is 42.9 Å². The van der Waals surface area contributed by atoms with Crippen molar-refractivity contribution in [3.63, 3.8) is 0 Å². The van der Waals surface area contributed by atoms with Crippen LogP contribution in [0.4, 0.5) is 0 Å². The molecule has 0 aliphatic carbocycles. The molecule has 114 valence electrons. The van der Waals surface area contributed by atoms with Crippen molar-refractivity contribution < 1.29 is 9.84 Å². The molecular formula is C18H25NO2. The summed E-state index contributed by atoms with van der Waals surface area (Å²) in [6.45, 7) is 8.28. The van der Waals surface area contributed by atoms with Crippen molar-refractivity contribution in [3.8, 4) is 0 Å². The van der Waals surface area contributed by atoms with Crippen LogP contribution in [0.15, 0.2) is 42.5 Å². The van der Waals surface area contributed by atoms with Crippen LogP contribution in [0.5, 0.6) is 0 Å². The third-order valence-electron chi connectivity index (χ3n) is 3.88. The van der Waals surface area contributed by atoms with Crippen LogP contribution in [0.1, 0.15) is 25.5 Å². The van der Waals surface area contributed by atoms with Gasteiger partial charge in [-0.15, -0.1) is 0 Å². The predicted molar refractivity (Wildman–Crippen MR) is 87.5 cm³/mol. The van der Waals surface area contributed by atoms with E-state index in [1.165, 1.54) is 5.39 Å². The van der Waals surface area contributed by atoms with E-state index in [1.54, 1.807) is 0 Å². The van der Waals surface area contributed by atoms with E-state index in [9.17, 15) is 5.11 Å². The number of benzene rings is 2. The fourth-order valence-corrected chi connectivity index (χ4v) is 2.44. The molecule has 0 saturated heterocycles. The molecule has 2 aromatic carbocycles. The molecular weight excluding hydrogens is 262 g/mol. The maximum atomic E-state index is 10.2. The van der Waals surface area contributed by atoms with Gasteiger partial charge in [0.15, 0.2) is 0 Å². The van der Waals surface area contributed by atoms with Gasteiger partial charge < -0.3 is 14.7 Å². The summed E-state index contributed by atoms with van der Waals surface area (Å²) in [4.78, 5) is 2.31. The molecule has 1 unspecified atom stereocenters. The molecule has 0 aromatic heterocycles. The van der Waals surface area contributed by atoms with E-state index >= 15 is 0 Å². The minimum Gasteiger partial charge on any atom is -0.386 e. The summed E-state index contributed by atoms with van der Waals surface area (Å²) >= 11 is 0. The molecule has 1 N–H and O–H groups in total. The lowest BCUT2D eigenvalue weighted by Gasteiger charge is -2.18. The smallest absolute Gasteiger partial charge is 0.102 e. The van der Waals surface area contributed by atoms with E-state index in [0.717, 1.165) is 30.6 Å². The van der Waals surface area contributed by atoms with Crippen LogP contribution in [0.25, 0.3) is 10.8 Å². The van der Waals surface area contributed by atoms with E-state index in [1.807, 2.05) is 30.3 Å². The van der Waals surface area contributed by atoms with E-state index in [0.29, 0.717) is 13.2 Å². The molecule has 0 radical (unpaired) electrons. The molecule has 3 heteroatoms. The lowest BCUT2D eigenvalue weighted by molar-refractivity contribution is 0.0274. The third kappa shape index (κ3) is 4.53. The molecule has 0 amide bonds. The molecule has 0 fully saturated rings. The number of aliphatic hydroxyl groups is 1. The Bertz CT molecular complexity index is 552. The number of ether oxygens (including phenoxy) is 1. The Balaban J connectivity index is 1.85. The monoisotopic (exact) mass is 287 g/mol. The number of nitrogens with zero attached hydrogens (tertiary/aromatic N) is 1. The van der Waals surface area contributed by atoms with Gasteiger partial charge in [-0.25, -0.2) is 0 Å². The fraction of sp³-hybridized carbons (Fsp3) is 0.444. The van der Waals surface area contributed by atoms with Crippen LogP contribution in [0.2, 0.25) is 0 Å². The van der Waals surface area contributed by atoms with Crippen molar-refractivity contribution in [2.45, 2.75) is 20.0 Å². The molecule has 3 nitrogen and oxygen atoms in total. The molecule has 2 rings (SSSR count). The Kier molecular flexibility index (Phi) is 6.18. The zero-order chi connectivity index (χ0) is 15.1. The number of likely N-dealkylation sites (N-methyl/N-ethyl adjacent to an activating group) is 1. The first-order chi connectivity index (χ1) is 10.2. The summed E-state index contributed by atoms with van der Waals surface area (Å²) in [5, 5.41) is 12.6. The average Bonchev–Trinajstić information content (AvgIpc) is 2.54. The Hall–Kier alpha value is -1.42. The molecule has 0 aliphatic rings. The number of rotatable bonds is 8. The largest absolute Gasteiger partial charge is 0.386 e. The van der Waals surface area contributed by atoms with Crippen LogP contribution in [-0.2, 0) is 4.74 Å². The van der Waals surface area contributed by atoms with Gasteiger partial charge >= 0.3 is 0 Å². The predicted octanol–water partition coefficient (Wildman–Crippen LogP) is 3.23. The molecule has 21 heavy (non-hydrogen) atoms. The van der Waals surface area contributed by atoms with Crippen LogP contribution in [0, 0.1) is 0 Å². The lowest BCUT2D eigenvalue weighted by atomic mass is 10.0. The van der Waals surface area contributed by atoms with Crippen molar-refractivity contribution in [1.82, 2.24) is 4.90 Å². The highest BCUT2D eigenvalue weighted by Gasteiger charge is 2.08. The summed E-state index contributed by atoms with van der Waals surface area (Å²) in [6, 6.07) is 14.2. The molecule has 2 aromatic rings. The Labute approximate surface area is 127 Å². The first kappa shape index (κ1) is 16.0. The van der Waals surface area contributed by atoms with Crippen LogP contribution < -0.4 is 0 Å². The van der Waals surface area contributed by atoms with Gasteiger partial charge in [-0.1, -0.05) is 50.2 Å². The molecule has 0 heterocycles. The molecule has 0 saturated carbocycles. The third-order valence-corrected chi connectivity index (χ3v) is 3.88. The number of hydrogen-bond acceptors (Lipinski definition) is 3. The summed E-state index contributed by atoms with van der Waals surface area (Å²) < 4.78 is 5.60. The summed E-state index contributed by atoms with van der Waals surface area (Å²) in [6.07, 6.45) is -0.564. The Morgan fingerprint density at radius 3 is 2.48 bits per heavy atom. The van der Waals surface area contributed by atoms with Crippen molar-refractivity contribution in [3.05, 3.63) is 48.0 Å². The lowest BCUT2D eigenvalue weighted by Crippen LogP contribution is -2.27. The molecule has 0 spiro atoms. The van der Waals surface area contributed by atoms with Crippen molar-refractivity contribution >= 4 is 10.8 Å². The Morgan fingerprint density at radius 1 is 1.05 bits per heavy atom. The van der Waals surface area contributed by atoms with Gasteiger partial charge in [0.1, 0.15) is 6.10 Å². The maximum absolute atomic E-state index is 10.2.